The Kier molecular flexibility index (Phi) is 3.25. The molecule has 1 aromatic rings. The highest BCUT2D eigenvalue weighted by molar-refractivity contribution is 4.74. The van der Waals surface area contributed by atoms with Crippen LogP contribution in [0.25, 0.3) is 0 Å². The summed E-state index contributed by atoms with van der Waals surface area (Å²) < 4.78 is 11.5. The molecule has 0 aliphatic heterocycles. The molecule has 8 heavy (non-hydrogen) atoms. The van der Waals surface area contributed by atoms with Crippen LogP contribution in [0.4, 0.5) is 4.48 Å². The van der Waals surface area contributed by atoms with Gasteiger partial charge < -0.3 is 0 Å². The average molecular weight is 112 g/mol. The Labute approximate surface area is 46.9 Å². The van der Waals surface area contributed by atoms with E-state index in [1.807, 2.05) is 0 Å². The van der Waals surface area contributed by atoms with Crippen molar-refractivity contribution in [1.82, 2.24) is 10.0 Å². The number of terminal acetylenes is 1. The van der Waals surface area contributed by atoms with Crippen LogP contribution < -0.4 is 0 Å². The second-order valence-corrected chi connectivity index (χ2v) is 0.895. The summed E-state index contributed by atoms with van der Waals surface area (Å²) in [5, 5.41) is 3.17. The first-order chi connectivity index (χ1) is 3.89. The molecule has 0 N–H and O–H groups in total. The van der Waals surface area contributed by atoms with E-state index in [9.17, 15) is 4.48 Å². The smallest absolute Gasteiger partial charge is 0.0608 e. The summed E-state index contributed by atoms with van der Waals surface area (Å²) >= 11 is 0. The molecular weight excluding hydrogens is 107 g/mol. The van der Waals surface area contributed by atoms with E-state index in [1.54, 1.807) is 0 Å². The maximum Gasteiger partial charge on any atom is 0.0608 e. The molecule has 0 saturated heterocycles. The van der Waals surface area contributed by atoms with Gasteiger partial charge in [0.25, 0.3) is 0 Å². The summed E-state index contributed by atoms with van der Waals surface area (Å²) in [6.45, 7) is 0. The standard InChI is InChI=1S/C3H3FN2.C2H2/c4-6-3-1-2-5-6;1-2/h1-3H;1-2H. The van der Waals surface area contributed by atoms with Gasteiger partial charge in [0.1, 0.15) is 0 Å². The summed E-state index contributed by atoms with van der Waals surface area (Å²) in [6.07, 6.45) is 10.6. The van der Waals surface area contributed by atoms with Crippen LogP contribution in [0, 0.1) is 12.8 Å². The number of aromatic nitrogens is 2. The Morgan fingerprint density at radius 3 is 2.25 bits per heavy atom. The van der Waals surface area contributed by atoms with Crippen LogP contribution in [0.3, 0.4) is 0 Å². The molecule has 0 fully saturated rings. The molecule has 2 nitrogen and oxygen atoms in total. The topological polar surface area (TPSA) is 17.8 Å². The summed E-state index contributed by atoms with van der Waals surface area (Å²) in [5.41, 5.74) is 0. The molecule has 0 amide bonds. The highest BCUT2D eigenvalue weighted by Gasteiger charge is 1.74. The van der Waals surface area contributed by atoms with Crippen molar-refractivity contribution in [3.05, 3.63) is 18.5 Å². The predicted molar refractivity (Wildman–Crippen MR) is 28.6 cm³/mol. The van der Waals surface area contributed by atoms with Gasteiger partial charge in [0.05, 0.1) is 12.4 Å². The minimum Gasteiger partial charge on any atom is -0.151 e. The molecule has 0 spiro atoms. The molecule has 1 aromatic heterocycles. The van der Waals surface area contributed by atoms with Crippen molar-refractivity contribution in [2.75, 3.05) is 0 Å². The molecule has 0 aromatic carbocycles. The lowest BCUT2D eigenvalue weighted by molar-refractivity contribution is 0.316. The SMILES string of the molecule is C#C.Fn1cccn1. The van der Waals surface area contributed by atoms with Crippen LogP contribution in [0.5, 0.6) is 0 Å². The van der Waals surface area contributed by atoms with E-state index < -0.39 is 0 Å². The molecule has 0 bridgehead atoms. The van der Waals surface area contributed by atoms with E-state index in [2.05, 4.69) is 17.9 Å². The fraction of sp³-hybridized carbons (Fsp3) is 0. The maximum atomic E-state index is 11.5. The van der Waals surface area contributed by atoms with Crippen molar-refractivity contribution >= 4 is 0 Å². The molecule has 0 saturated carbocycles. The van der Waals surface area contributed by atoms with Gasteiger partial charge in [0.2, 0.25) is 0 Å². The van der Waals surface area contributed by atoms with Crippen molar-refractivity contribution in [1.29, 1.82) is 0 Å². The molecule has 0 radical (unpaired) electrons. The zero-order valence-electron chi connectivity index (χ0n) is 4.16. The first kappa shape index (κ1) is 6.70. The maximum absolute atomic E-state index is 11.5. The van der Waals surface area contributed by atoms with Gasteiger partial charge >= 0.3 is 0 Å². The predicted octanol–water partition coefficient (Wildman–Crippen LogP) is 0.865. The summed E-state index contributed by atoms with van der Waals surface area (Å²) in [6, 6.07) is 1.51. The van der Waals surface area contributed by atoms with Crippen LogP contribution >= 0.6 is 0 Å². The number of hydrogen-bond acceptors (Lipinski definition) is 1. The fourth-order valence-corrected chi connectivity index (χ4v) is 0.250. The minimum absolute atomic E-state index is 0.250. The van der Waals surface area contributed by atoms with Crippen molar-refractivity contribution in [2.45, 2.75) is 0 Å². The Morgan fingerprint density at radius 2 is 2.12 bits per heavy atom. The second kappa shape index (κ2) is 3.88. The molecular formula is C5H5FN2. The van der Waals surface area contributed by atoms with Crippen LogP contribution in [-0.2, 0) is 0 Å². The fourth-order valence-electron chi connectivity index (χ4n) is 0.250. The lowest BCUT2D eigenvalue weighted by Gasteiger charge is -1.69. The first-order valence-electron chi connectivity index (χ1n) is 1.89. The minimum atomic E-state index is 0.250. The monoisotopic (exact) mass is 112 g/mol. The third-order valence-corrected chi connectivity index (χ3v) is 0.472. The highest BCUT2D eigenvalue weighted by atomic mass is 19.2. The quantitative estimate of drug-likeness (QED) is 0.455. The summed E-state index contributed by atoms with van der Waals surface area (Å²) in [4.78, 5) is 0.250. The van der Waals surface area contributed by atoms with E-state index in [0.29, 0.717) is 0 Å². The first-order valence-corrected chi connectivity index (χ1v) is 1.89. The third kappa shape index (κ3) is 1.98. The lowest BCUT2D eigenvalue weighted by atomic mass is 10.8. The van der Waals surface area contributed by atoms with Gasteiger partial charge in [0, 0.05) is 0 Å². The molecule has 0 aliphatic rings. The Balaban J connectivity index is 0.000000222. The van der Waals surface area contributed by atoms with Gasteiger partial charge in [-0.05, 0) is 6.07 Å². The zero-order valence-corrected chi connectivity index (χ0v) is 4.16. The third-order valence-electron chi connectivity index (χ3n) is 0.472. The average Bonchev–Trinajstić information content (AvgIpc) is 2.24. The van der Waals surface area contributed by atoms with Gasteiger partial charge in [-0.25, -0.2) is 0 Å². The van der Waals surface area contributed by atoms with Crippen LogP contribution in [0.1, 0.15) is 0 Å². The van der Waals surface area contributed by atoms with Crippen molar-refractivity contribution in [3.8, 4) is 12.8 Å². The van der Waals surface area contributed by atoms with Crippen LogP contribution in [-0.4, -0.2) is 10.0 Å². The van der Waals surface area contributed by atoms with Gasteiger partial charge in [-0.15, -0.1) is 17.8 Å². The molecule has 1 heterocycles. The zero-order chi connectivity index (χ0) is 6.41. The molecule has 0 unspecified atom stereocenters. The van der Waals surface area contributed by atoms with E-state index in [-0.39, 0.29) is 4.90 Å². The number of halogens is 1. The molecule has 42 valence electrons. The van der Waals surface area contributed by atoms with Gasteiger partial charge in [-0.3, -0.25) is 0 Å². The normalized spacial score (nSPS) is 6.88. The lowest BCUT2D eigenvalue weighted by Crippen LogP contribution is -1.75. The summed E-state index contributed by atoms with van der Waals surface area (Å²) in [5.74, 6) is 0. The van der Waals surface area contributed by atoms with E-state index in [1.165, 1.54) is 18.5 Å². The highest BCUT2D eigenvalue weighted by Crippen LogP contribution is 1.78. The molecule has 0 atom stereocenters. The van der Waals surface area contributed by atoms with Gasteiger partial charge in [-0.2, -0.15) is 5.10 Å². The van der Waals surface area contributed by atoms with E-state index >= 15 is 0 Å². The Hall–Kier alpha value is -1.30. The number of rotatable bonds is 0. The van der Waals surface area contributed by atoms with E-state index in [4.69, 9.17) is 0 Å². The van der Waals surface area contributed by atoms with E-state index in [0.717, 1.165) is 0 Å². The van der Waals surface area contributed by atoms with Crippen molar-refractivity contribution in [2.24, 2.45) is 0 Å². The molecule has 0 aliphatic carbocycles. The van der Waals surface area contributed by atoms with Gasteiger partial charge in [0.15, 0.2) is 0 Å². The number of hydrogen-bond donors (Lipinski definition) is 0. The Bertz CT molecular complexity index is 143. The second-order valence-electron chi connectivity index (χ2n) is 0.895. The van der Waals surface area contributed by atoms with Crippen LogP contribution in [0.2, 0.25) is 0 Å². The number of nitrogens with zero attached hydrogens (tertiary/aromatic N) is 2. The van der Waals surface area contributed by atoms with Crippen LogP contribution in [0.15, 0.2) is 18.5 Å². The molecule has 1 rings (SSSR count). The van der Waals surface area contributed by atoms with Gasteiger partial charge in [-0.1, -0.05) is 4.48 Å². The molecule has 3 heteroatoms. The van der Waals surface area contributed by atoms with Crippen molar-refractivity contribution < 1.29 is 4.48 Å². The van der Waals surface area contributed by atoms with Crippen molar-refractivity contribution in [3.63, 3.8) is 0 Å². The largest absolute Gasteiger partial charge is 0.151 e. The summed E-state index contributed by atoms with van der Waals surface area (Å²) in [7, 11) is 0. The Morgan fingerprint density at radius 1 is 1.50 bits per heavy atom.